The van der Waals surface area contributed by atoms with E-state index in [4.69, 9.17) is 50.5 Å². The monoisotopic (exact) mass is 852 g/mol. The highest BCUT2D eigenvalue weighted by atomic mass is 31.2. The predicted molar refractivity (Wildman–Crippen MR) is 165 cm³/mol. The Bertz CT molecular complexity index is 1510. The highest BCUT2D eigenvalue weighted by Crippen LogP contribution is 2.36. The number of nitrogens with two attached hydrogens (primary N) is 1. The first-order valence-electron chi connectivity index (χ1n) is 14.4. The Morgan fingerprint density at radius 2 is 0.909 bits per heavy atom. The number of halogens is 3. The molecule has 55 heavy (non-hydrogen) atoms. The number of alkyl halides is 3. The zero-order chi connectivity index (χ0) is 43.5. The second-order valence-corrected chi connectivity index (χ2v) is 12.8. The van der Waals surface area contributed by atoms with E-state index in [2.05, 4.69) is 19.7 Å². The van der Waals surface area contributed by atoms with Gasteiger partial charge in [0, 0.05) is 19.9 Å². The molecule has 0 saturated carbocycles. The minimum Gasteiger partial charge on any atom is -0.481 e. The van der Waals surface area contributed by atoms with Crippen molar-refractivity contribution in [1.29, 1.82) is 0 Å². The summed E-state index contributed by atoms with van der Waals surface area (Å²) in [6, 6.07) is -9.56. The topological polar surface area (TPSA) is 454 Å². The van der Waals surface area contributed by atoms with Crippen LogP contribution < -0.4 is 32.3 Å². The molecule has 316 valence electrons. The Labute approximate surface area is 304 Å². The zero-order valence-electron chi connectivity index (χ0n) is 27.8. The molecule has 32 heteroatoms. The van der Waals surface area contributed by atoms with E-state index in [0.717, 1.165) is 7.05 Å². The van der Waals surface area contributed by atoms with Gasteiger partial charge in [-0.15, -0.1) is 0 Å². The minimum atomic E-state index is -5.39. The summed E-state index contributed by atoms with van der Waals surface area (Å²) in [6.07, 6.45) is -8.60. The molecule has 0 aliphatic rings. The average Bonchev–Trinajstić information content (AvgIpc) is 3.02. The first-order chi connectivity index (χ1) is 24.9. The molecule has 5 amide bonds. The normalized spacial score (nSPS) is 14.2. The van der Waals surface area contributed by atoms with E-state index >= 15 is 0 Å². The van der Waals surface area contributed by atoms with Crippen LogP contribution in [0.2, 0.25) is 0 Å². The molecule has 0 radical (unpaired) electrons. The van der Waals surface area contributed by atoms with Crippen molar-refractivity contribution in [3.63, 3.8) is 0 Å². The summed E-state index contributed by atoms with van der Waals surface area (Å²) in [7, 11) is -9.57. The Hall–Kier alpha value is -4.80. The fourth-order valence-electron chi connectivity index (χ4n) is 3.33. The van der Waals surface area contributed by atoms with Crippen LogP contribution in [0.15, 0.2) is 0 Å². The van der Waals surface area contributed by atoms with Crippen LogP contribution in [0.3, 0.4) is 0 Å². The van der Waals surface area contributed by atoms with Gasteiger partial charge in [-0.2, -0.15) is 13.2 Å². The first kappa shape index (κ1) is 52.3. The molecule has 0 unspecified atom stereocenters. The minimum absolute atomic E-state index is 0.449. The van der Waals surface area contributed by atoms with Crippen molar-refractivity contribution in [2.75, 3.05) is 20.3 Å². The molecule has 0 aliphatic carbocycles. The van der Waals surface area contributed by atoms with Gasteiger partial charge < -0.3 is 72.3 Å². The summed E-state index contributed by atoms with van der Waals surface area (Å²) in [4.78, 5) is 142. The Morgan fingerprint density at radius 1 is 0.600 bits per heavy atom. The maximum Gasteiger partial charge on any atom is 0.490 e. The maximum atomic E-state index is 13.2. The molecule has 0 aromatic carbocycles. The van der Waals surface area contributed by atoms with Gasteiger partial charge in [0.1, 0.15) is 24.2 Å². The van der Waals surface area contributed by atoms with E-state index < -0.39 is 151 Å². The summed E-state index contributed by atoms with van der Waals surface area (Å²) in [5.41, 5.74) is 5.40. The van der Waals surface area contributed by atoms with E-state index in [1.807, 2.05) is 16.0 Å². The number of phosphoric acid groups is 2. The highest BCUT2D eigenvalue weighted by molar-refractivity contribution is 7.46. The summed E-state index contributed by atoms with van der Waals surface area (Å²) in [6.45, 7) is -2.72. The van der Waals surface area contributed by atoms with E-state index in [-0.39, 0.29) is 0 Å². The van der Waals surface area contributed by atoms with Crippen molar-refractivity contribution >= 4 is 69.1 Å². The second kappa shape index (κ2) is 23.9. The number of hydrogen-bond acceptors (Lipinski definition) is 14. The lowest BCUT2D eigenvalue weighted by Gasteiger charge is -2.26. The van der Waals surface area contributed by atoms with Crippen LogP contribution in [-0.2, 0) is 61.3 Å². The van der Waals surface area contributed by atoms with Crippen molar-refractivity contribution in [3.8, 4) is 0 Å². The summed E-state index contributed by atoms with van der Waals surface area (Å²) < 4.78 is 62.7. The van der Waals surface area contributed by atoms with Crippen LogP contribution in [0.25, 0.3) is 0 Å². The third-order valence-corrected chi connectivity index (χ3v) is 6.84. The number of nitrogens with one attached hydrogen (secondary N) is 5. The van der Waals surface area contributed by atoms with E-state index in [1.165, 1.54) is 0 Å². The van der Waals surface area contributed by atoms with Crippen molar-refractivity contribution in [1.82, 2.24) is 26.6 Å². The van der Waals surface area contributed by atoms with Gasteiger partial charge in [0.25, 0.3) is 0 Å². The summed E-state index contributed by atoms with van der Waals surface area (Å²) in [5.74, 6) is -13.7. The molecular weight excluding hydrogens is 815 g/mol. The zero-order valence-corrected chi connectivity index (χ0v) is 29.6. The molecule has 0 bridgehead atoms. The number of carboxylic acid groups (broad SMARTS) is 4. The van der Waals surface area contributed by atoms with Gasteiger partial charge >= 0.3 is 45.7 Å². The fourth-order valence-corrected chi connectivity index (χ4v) is 4.02. The van der Waals surface area contributed by atoms with E-state index in [1.54, 1.807) is 0 Å². The predicted octanol–water partition coefficient (Wildman–Crippen LogP) is -4.94. The molecule has 0 aromatic rings. The van der Waals surface area contributed by atoms with Gasteiger partial charge in [0.2, 0.25) is 29.5 Å². The lowest BCUT2D eigenvalue weighted by atomic mass is 10.1. The van der Waals surface area contributed by atoms with Gasteiger partial charge in [-0.05, 0) is 12.8 Å². The van der Waals surface area contributed by atoms with Crippen molar-refractivity contribution in [2.24, 2.45) is 5.73 Å². The van der Waals surface area contributed by atoms with E-state index in [0.29, 0.717) is 0 Å². The average molecular weight is 853 g/mol. The highest BCUT2D eigenvalue weighted by Gasteiger charge is 2.38. The number of aliphatic carboxylic acids is 4. The number of hydrogen-bond donors (Lipinski definition) is 14. The van der Waals surface area contributed by atoms with Gasteiger partial charge in [0.05, 0.1) is 25.7 Å². The lowest BCUT2D eigenvalue weighted by molar-refractivity contribution is -0.192. The molecule has 0 saturated heterocycles. The molecular formula is C23H37F3N6O21P2. The quantitative estimate of drug-likeness (QED) is 0.0428. The number of rotatable bonds is 23. The van der Waals surface area contributed by atoms with Crippen LogP contribution in [0.4, 0.5) is 13.2 Å². The van der Waals surface area contributed by atoms with Crippen molar-refractivity contribution in [2.45, 2.75) is 68.5 Å². The number of likely N-dealkylation sites (N-methyl/N-ethyl adjacent to an activating group) is 1. The number of carboxylic acids is 4. The molecule has 0 heterocycles. The number of amides is 5. The Morgan fingerprint density at radius 3 is 1.20 bits per heavy atom. The van der Waals surface area contributed by atoms with Crippen LogP contribution in [-0.4, -0.2) is 150 Å². The SMILES string of the molecule is CNC(=O)[C@H](CCC(=O)O)NC(=O)[C@H](CCC(=O)O)NC(=O)[C@H](COP(=O)(O)O)NC(=O)[C@H](COP(=O)(O)O)NC(=O)[C@@H](N)CC(=O)O.O=C(O)C(F)(F)F. The molecule has 0 fully saturated rings. The van der Waals surface area contributed by atoms with Crippen molar-refractivity contribution in [3.05, 3.63) is 0 Å². The van der Waals surface area contributed by atoms with E-state index in [9.17, 15) is 60.7 Å². The smallest absolute Gasteiger partial charge is 0.481 e. The Balaban J connectivity index is 0. The van der Waals surface area contributed by atoms with Crippen LogP contribution in [0, 0.1) is 0 Å². The third-order valence-electron chi connectivity index (χ3n) is 5.86. The van der Waals surface area contributed by atoms with Gasteiger partial charge in [-0.25, -0.2) is 13.9 Å². The van der Waals surface area contributed by atoms with Gasteiger partial charge in [-0.3, -0.25) is 47.4 Å². The van der Waals surface area contributed by atoms with Gasteiger partial charge in [0.15, 0.2) is 0 Å². The Kier molecular flexibility index (Phi) is 22.7. The number of carbonyl (C=O) groups is 9. The largest absolute Gasteiger partial charge is 0.490 e. The van der Waals surface area contributed by atoms with Crippen molar-refractivity contribution < 1.29 is 114 Å². The van der Waals surface area contributed by atoms with Crippen LogP contribution in [0.5, 0.6) is 0 Å². The second-order valence-electron chi connectivity index (χ2n) is 10.3. The molecule has 5 atom stereocenters. The molecule has 0 spiro atoms. The van der Waals surface area contributed by atoms with Crippen LogP contribution in [0.1, 0.15) is 32.1 Å². The molecule has 0 aliphatic heterocycles. The fraction of sp³-hybridized carbons (Fsp3) is 0.609. The number of phosphoric ester groups is 2. The summed E-state index contributed by atoms with van der Waals surface area (Å²) in [5, 5.41) is 43.8. The molecule has 27 nitrogen and oxygen atoms in total. The number of carbonyl (C=O) groups excluding carboxylic acids is 5. The molecule has 0 rings (SSSR count). The lowest BCUT2D eigenvalue weighted by Crippen LogP contribution is -2.60. The molecule has 15 N–H and O–H groups in total. The first-order valence-corrected chi connectivity index (χ1v) is 17.5. The summed E-state index contributed by atoms with van der Waals surface area (Å²) >= 11 is 0. The molecule has 0 aromatic heterocycles. The van der Waals surface area contributed by atoms with Gasteiger partial charge in [-0.1, -0.05) is 0 Å². The van der Waals surface area contributed by atoms with Crippen LogP contribution >= 0.6 is 15.6 Å². The maximum absolute atomic E-state index is 13.2. The standard InChI is InChI=1S/C21H36N6O19P2.C2HF3O2/c1-23-18(35)10(2-4-14(28)29)24-19(36)11(3-5-15(30)31)25-20(37)13(8-46-48(42,43)44)27-21(38)12(7-45-47(39,40)41)26-17(34)9(22)6-16(32)33;3-2(4,5)1(6)7/h9-13H,2-8,22H2,1H3,(H,23,35)(H,24,36)(H,25,37)(H,26,34)(H,27,38)(H,28,29)(H,30,31)(H,32,33)(H2,39,40,41)(H2,42,43,44);(H,6,7)/t9-,10-,11-,12-,13-;/m0./s1. The third kappa shape index (κ3) is 25.8.